The Labute approximate surface area is 245 Å². The molecule has 1 amide bonds. The molecule has 0 aliphatic heterocycles. The van der Waals surface area contributed by atoms with Gasteiger partial charge in [-0.05, 0) is 83.7 Å². The molecule has 0 unspecified atom stereocenters. The lowest BCUT2D eigenvalue weighted by Crippen LogP contribution is -2.38. The maximum Gasteiger partial charge on any atom is 0.573 e. The number of ketones is 1. The highest BCUT2D eigenvalue weighted by Gasteiger charge is 2.32. The highest BCUT2D eigenvalue weighted by atomic mass is 32.2. The quantitative estimate of drug-likeness (QED) is 0.201. The van der Waals surface area contributed by atoms with E-state index in [9.17, 15) is 31.2 Å². The van der Waals surface area contributed by atoms with Gasteiger partial charge in [0.05, 0.1) is 7.11 Å². The first-order chi connectivity index (χ1) is 19.4. The van der Waals surface area contributed by atoms with E-state index in [1.165, 1.54) is 48.4 Å². The Morgan fingerprint density at radius 1 is 0.976 bits per heavy atom. The van der Waals surface area contributed by atoms with Crippen LogP contribution in [-0.2, 0) is 21.2 Å². The van der Waals surface area contributed by atoms with Crippen molar-refractivity contribution in [1.29, 1.82) is 0 Å². The third kappa shape index (κ3) is 11.5. The van der Waals surface area contributed by atoms with Gasteiger partial charge < -0.3 is 19.1 Å². The summed E-state index contributed by atoms with van der Waals surface area (Å²) in [6.45, 7) is 8.70. The summed E-state index contributed by atoms with van der Waals surface area (Å²) in [5.74, 6) is -0.528. The van der Waals surface area contributed by atoms with Crippen LogP contribution in [0.15, 0.2) is 47.4 Å². The summed E-state index contributed by atoms with van der Waals surface area (Å²) in [6.07, 6.45) is -4.57. The number of unbranched alkanes of at least 4 members (excludes halogenated alkanes) is 1. The lowest BCUT2D eigenvalue weighted by atomic mass is 10.0. The number of Topliss-reactive ketones (excluding diaryl/α,β-unsaturated/α-hetero) is 1. The minimum absolute atomic E-state index is 0.0592. The lowest BCUT2D eigenvalue weighted by Gasteiger charge is -2.27. The summed E-state index contributed by atoms with van der Waals surface area (Å²) in [6, 6.07) is 9.53. The van der Waals surface area contributed by atoms with Crippen molar-refractivity contribution in [2.45, 2.75) is 83.2 Å². The molecule has 0 aliphatic carbocycles. The highest BCUT2D eigenvalue weighted by Crippen LogP contribution is 2.28. The summed E-state index contributed by atoms with van der Waals surface area (Å²) in [7, 11) is -2.58. The van der Waals surface area contributed by atoms with Crippen molar-refractivity contribution in [1.82, 2.24) is 9.62 Å². The molecule has 2 aromatic carbocycles. The Hall–Kier alpha value is -3.32. The largest absolute Gasteiger partial charge is 0.573 e. The van der Waals surface area contributed by atoms with Gasteiger partial charge >= 0.3 is 12.5 Å². The van der Waals surface area contributed by atoms with E-state index in [4.69, 9.17) is 9.47 Å². The van der Waals surface area contributed by atoms with E-state index >= 15 is 0 Å². The molecule has 0 radical (unpaired) electrons. The maximum absolute atomic E-state index is 12.9. The van der Waals surface area contributed by atoms with Crippen LogP contribution in [0, 0.1) is 0 Å². The van der Waals surface area contributed by atoms with Gasteiger partial charge in [-0.15, -0.1) is 13.2 Å². The molecule has 0 spiro atoms. The first-order valence-corrected chi connectivity index (χ1v) is 15.0. The Morgan fingerprint density at radius 3 is 2.24 bits per heavy atom. The fourth-order valence-corrected chi connectivity index (χ4v) is 5.42. The zero-order valence-electron chi connectivity index (χ0n) is 24.7. The predicted molar refractivity (Wildman–Crippen MR) is 151 cm³/mol. The molecular weight excluding hydrogens is 577 g/mol. The Kier molecular flexibility index (Phi) is 12.2. The molecule has 9 nitrogen and oxygen atoms in total. The molecule has 13 heteroatoms. The molecule has 0 atom stereocenters. The van der Waals surface area contributed by atoms with E-state index < -0.39 is 28.1 Å². The van der Waals surface area contributed by atoms with Crippen LogP contribution in [0.1, 0.15) is 69.8 Å². The number of para-hydroxylation sites is 1. The number of hydrogen-bond acceptors (Lipinski definition) is 7. The number of hydrogen-bond donors (Lipinski definition) is 1. The molecule has 0 fully saturated rings. The van der Waals surface area contributed by atoms with Gasteiger partial charge in [0.25, 0.3) is 0 Å². The van der Waals surface area contributed by atoms with Crippen LogP contribution < -0.4 is 14.2 Å². The van der Waals surface area contributed by atoms with E-state index in [1.54, 1.807) is 40.7 Å². The van der Waals surface area contributed by atoms with Gasteiger partial charge in [0.2, 0.25) is 10.0 Å². The van der Waals surface area contributed by atoms with Crippen LogP contribution in [0.3, 0.4) is 0 Å². The van der Waals surface area contributed by atoms with Gasteiger partial charge in [-0.1, -0.05) is 18.2 Å². The monoisotopic (exact) mass is 616 g/mol. The van der Waals surface area contributed by atoms with Gasteiger partial charge in [0.1, 0.15) is 22.0 Å². The van der Waals surface area contributed by atoms with Crippen LogP contribution >= 0.6 is 0 Å². The van der Waals surface area contributed by atoms with Crippen molar-refractivity contribution < 1.29 is 45.4 Å². The fourth-order valence-electron chi connectivity index (χ4n) is 3.98. The van der Waals surface area contributed by atoms with Gasteiger partial charge in [0.15, 0.2) is 5.78 Å². The number of carbonyl (C=O) groups excluding carboxylic acids is 2. The van der Waals surface area contributed by atoms with Gasteiger partial charge in [-0.3, -0.25) is 4.79 Å². The summed E-state index contributed by atoms with van der Waals surface area (Å²) in [4.78, 5) is 27.0. The topological polar surface area (TPSA) is 111 Å². The standard InChI is InChI=1S/C29H39F3N2O7S/c1-20(2)33-42(37,38)26-19-22(14-15-25(26)39-6)23(35)12-9-10-17-34(27(36)41-28(3,4)5)18-16-21-11-7-8-13-24(21)40-29(30,31)32/h7-8,11,13-15,19-20,33H,9-10,12,16-18H2,1-6H3. The molecule has 0 heterocycles. The zero-order valence-corrected chi connectivity index (χ0v) is 25.5. The smallest absolute Gasteiger partial charge is 0.495 e. The maximum atomic E-state index is 12.9. The molecule has 0 aliphatic rings. The van der Waals surface area contributed by atoms with Crippen LogP contribution in [-0.4, -0.2) is 63.4 Å². The second kappa shape index (κ2) is 14.7. The van der Waals surface area contributed by atoms with E-state index in [2.05, 4.69) is 9.46 Å². The summed E-state index contributed by atoms with van der Waals surface area (Å²) < 4.78 is 81.2. The number of alkyl halides is 3. The van der Waals surface area contributed by atoms with Crippen molar-refractivity contribution in [3.63, 3.8) is 0 Å². The number of ether oxygens (including phenoxy) is 3. The molecule has 2 aromatic rings. The number of carbonyl (C=O) groups is 2. The van der Waals surface area contributed by atoms with Gasteiger partial charge in [-0.2, -0.15) is 0 Å². The number of amides is 1. The van der Waals surface area contributed by atoms with Gasteiger partial charge in [0, 0.05) is 31.1 Å². The molecule has 2 rings (SSSR count). The third-order valence-electron chi connectivity index (χ3n) is 5.75. The van der Waals surface area contributed by atoms with Crippen molar-refractivity contribution >= 4 is 21.9 Å². The normalized spacial score (nSPS) is 12.2. The molecule has 0 saturated heterocycles. The fraction of sp³-hybridized carbons (Fsp3) is 0.517. The van der Waals surface area contributed by atoms with E-state index in [-0.39, 0.29) is 65.3 Å². The number of nitrogens with one attached hydrogen (secondary N) is 1. The zero-order chi connectivity index (χ0) is 31.7. The number of methoxy groups -OCH3 is 1. The Morgan fingerprint density at radius 2 is 1.64 bits per heavy atom. The average Bonchev–Trinajstić information content (AvgIpc) is 2.85. The summed E-state index contributed by atoms with van der Waals surface area (Å²) >= 11 is 0. The average molecular weight is 617 g/mol. The van der Waals surface area contributed by atoms with Crippen molar-refractivity contribution in [3.05, 3.63) is 53.6 Å². The van der Waals surface area contributed by atoms with Crippen LogP contribution in [0.2, 0.25) is 0 Å². The molecule has 42 heavy (non-hydrogen) atoms. The number of nitrogens with zero attached hydrogens (tertiary/aromatic N) is 1. The first kappa shape index (κ1) is 34.9. The highest BCUT2D eigenvalue weighted by molar-refractivity contribution is 7.89. The van der Waals surface area contributed by atoms with Crippen molar-refractivity contribution in [2.75, 3.05) is 20.2 Å². The molecule has 0 bridgehead atoms. The summed E-state index contributed by atoms with van der Waals surface area (Å²) in [5.41, 5.74) is -0.319. The molecule has 0 aromatic heterocycles. The van der Waals surface area contributed by atoms with Crippen LogP contribution in [0.25, 0.3) is 0 Å². The Bertz CT molecular complexity index is 1320. The molecular formula is C29H39F3N2O7S. The second-order valence-electron chi connectivity index (χ2n) is 10.9. The van der Waals surface area contributed by atoms with Crippen molar-refractivity contribution in [2.24, 2.45) is 0 Å². The van der Waals surface area contributed by atoms with E-state index in [0.717, 1.165) is 0 Å². The summed E-state index contributed by atoms with van der Waals surface area (Å²) in [5, 5.41) is 0. The Balaban J connectivity index is 2.09. The van der Waals surface area contributed by atoms with Crippen LogP contribution in [0.5, 0.6) is 11.5 Å². The number of sulfonamides is 1. The minimum atomic E-state index is -4.85. The first-order valence-electron chi connectivity index (χ1n) is 13.5. The number of halogens is 3. The minimum Gasteiger partial charge on any atom is -0.495 e. The van der Waals surface area contributed by atoms with E-state index in [0.29, 0.717) is 12.8 Å². The predicted octanol–water partition coefficient (Wildman–Crippen LogP) is 6.11. The van der Waals surface area contributed by atoms with Gasteiger partial charge in [-0.25, -0.2) is 17.9 Å². The van der Waals surface area contributed by atoms with E-state index in [1.807, 2.05) is 0 Å². The molecule has 0 saturated carbocycles. The SMILES string of the molecule is COc1ccc(C(=O)CCCCN(CCc2ccccc2OC(F)(F)F)C(=O)OC(C)(C)C)cc1S(=O)(=O)NC(C)C. The second-order valence-corrected chi connectivity index (χ2v) is 12.6. The molecule has 234 valence electrons. The molecule has 1 N–H and O–H groups in total. The number of benzene rings is 2. The van der Waals surface area contributed by atoms with Crippen LogP contribution in [0.4, 0.5) is 18.0 Å². The van der Waals surface area contributed by atoms with Crippen molar-refractivity contribution in [3.8, 4) is 11.5 Å². The number of rotatable bonds is 14. The lowest BCUT2D eigenvalue weighted by molar-refractivity contribution is -0.274. The third-order valence-corrected chi connectivity index (χ3v) is 7.43.